The Kier molecular flexibility index (Phi) is 8.80. The smallest absolute Gasteiger partial charge is 0.324 e. The largest absolute Gasteiger partial charge is 0.450 e. The summed E-state index contributed by atoms with van der Waals surface area (Å²) >= 11 is 8.40. The summed E-state index contributed by atoms with van der Waals surface area (Å²) in [5.41, 5.74) is 0.331. The number of ether oxygens (including phenoxy) is 2. The van der Waals surface area contributed by atoms with Gasteiger partial charge in [-0.05, 0) is 46.8 Å². The van der Waals surface area contributed by atoms with E-state index in [0.717, 1.165) is 18.2 Å². The van der Waals surface area contributed by atoms with Crippen LogP contribution in [0.1, 0.15) is 0 Å². The first-order valence-electron chi connectivity index (χ1n) is 11.5. The first-order valence-corrected chi connectivity index (χ1v) is 16.6. The molecule has 4 rings (SSSR count). The molecule has 0 spiro atoms. The van der Waals surface area contributed by atoms with E-state index in [1.54, 1.807) is 22.9 Å². The SMILES string of the molecule is C[Si](C)(C)CCOCn1cc(Cl)c2c(Oc3c(F)cc(NC(=O)Nc4ccc(I)nn4)cc3F)ccnc21. The third-order valence-corrected chi connectivity index (χ3v) is 7.81. The van der Waals surface area contributed by atoms with Gasteiger partial charge in [0, 0.05) is 44.9 Å². The zero-order valence-electron chi connectivity index (χ0n) is 20.7. The Bertz CT molecular complexity index is 1440. The highest BCUT2D eigenvalue weighted by molar-refractivity contribution is 14.1. The Morgan fingerprint density at radius 2 is 1.87 bits per heavy atom. The Labute approximate surface area is 237 Å². The highest BCUT2D eigenvalue weighted by atomic mass is 127. The number of carbonyl (C=O) groups is 1. The number of benzene rings is 1. The van der Waals surface area contributed by atoms with Crippen LogP contribution in [-0.2, 0) is 11.5 Å². The van der Waals surface area contributed by atoms with Gasteiger partial charge in [-0.3, -0.25) is 5.32 Å². The van der Waals surface area contributed by atoms with E-state index in [9.17, 15) is 13.6 Å². The molecule has 0 aliphatic carbocycles. The molecule has 9 nitrogen and oxygen atoms in total. The fourth-order valence-electron chi connectivity index (χ4n) is 3.36. The number of nitrogens with one attached hydrogen (secondary N) is 2. The number of halogens is 4. The van der Waals surface area contributed by atoms with Gasteiger partial charge in [0.15, 0.2) is 23.2 Å². The van der Waals surface area contributed by atoms with Crippen molar-refractivity contribution in [2.45, 2.75) is 32.4 Å². The molecule has 14 heteroatoms. The second kappa shape index (κ2) is 11.9. The zero-order valence-corrected chi connectivity index (χ0v) is 24.6. The number of amides is 2. The maximum Gasteiger partial charge on any atom is 0.324 e. The molecule has 4 aromatic rings. The number of hydrogen-bond acceptors (Lipinski definition) is 6. The molecule has 3 aromatic heterocycles. The topological polar surface area (TPSA) is 103 Å². The number of carbonyl (C=O) groups excluding carboxylic acids is 1. The first kappa shape index (κ1) is 28.1. The van der Waals surface area contributed by atoms with E-state index in [4.69, 9.17) is 21.1 Å². The van der Waals surface area contributed by atoms with Crippen LogP contribution in [0.2, 0.25) is 30.7 Å². The molecule has 0 saturated carbocycles. The summed E-state index contributed by atoms with van der Waals surface area (Å²) in [6.07, 6.45) is 3.09. The van der Waals surface area contributed by atoms with E-state index in [1.165, 1.54) is 12.3 Å². The summed E-state index contributed by atoms with van der Waals surface area (Å²) in [5, 5.41) is 13.1. The van der Waals surface area contributed by atoms with Crippen molar-refractivity contribution >= 4 is 70.8 Å². The number of anilines is 2. The average molecular weight is 673 g/mol. The maximum atomic E-state index is 14.9. The zero-order chi connectivity index (χ0) is 27.4. The summed E-state index contributed by atoms with van der Waals surface area (Å²) < 4.78 is 43.6. The third-order valence-electron chi connectivity index (χ3n) is 5.24. The number of aromatic nitrogens is 4. The molecule has 0 unspecified atom stereocenters. The highest BCUT2D eigenvalue weighted by Gasteiger charge is 2.20. The van der Waals surface area contributed by atoms with Crippen molar-refractivity contribution < 1.29 is 23.0 Å². The van der Waals surface area contributed by atoms with Gasteiger partial charge in [-0.25, -0.2) is 18.6 Å². The monoisotopic (exact) mass is 672 g/mol. The second-order valence-corrected chi connectivity index (χ2v) is 16.6. The molecule has 2 amide bonds. The van der Waals surface area contributed by atoms with E-state index in [0.29, 0.717) is 26.4 Å². The summed E-state index contributed by atoms with van der Waals surface area (Å²) in [6.45, 7) is 7.62. The average Bonchev–Trinajstić information content (AvgIpc) is 3.16. The number of nitrogens with zero attached hydrogens (tertiary/aromatic N) is 4. The summed E-state index contributed by atoms with van der Waals surface area (Å²) in [6, 6.07) is 6.79. The maximum absolute atomic E-state index is 14.9. The molecule has 2 N–H and O–H groups in total. The van der Waals surface area contributed by atoms with Gasteiger partial charge in [0.2, 0.25) is 0 Å². The molecular formula is C24H24ClF2IN6O3Si. The highest BCUT2D eigenvalue weighted by Crippen LogP contribution is 2.37. The molecular weight excluding hydrogens is 649 g/mol. The first-order chi connectivity index (χ1) is 18.0. The number of urea groups is 1. The molecule has 38 heavy (non-hydrogen) atoms. The van der Waals surface area contributed by atoms with Gasteiger partial charge < -0.3 is 19.4 Å². The van der Waals surface area contributed by atoms with Crippen molar-refractivity contribution in [2.24, 2.45) is 0 Å². The van der Waals surface area contributed by atoms with E-state index >= 15 is 0 Å². The molecule has 1 aromatic carbocycles. The van der Waals surface area contributed by atoms with Gasteiger partial charge in [0.25, 0.3) is 0 Å². The lowest BCUT2D eigenvalue weighted by Crippen LogP contribution is -2.22. The van der Waals surface area contributed by atoms with E-state index < -0.39 is 31.5 Å². The Morgan fingerprint density at radius 1 is 1.13 bits per heavy atom. The number of pyridine rings is 1. The van der Waals surface area contributed by atoms with Crippen LogP contribution in [0, 0.1) is 15.3 Å². The van der Waals surface area contributed by atoms with Gasteiger partial charge in [-0.15, -0.1) is 10.2 Å². The van der Waals surface area contributed by atoms with Crippen molar-refractivity contribution in [3.63, 3.8) is 0 Å². The second-order valence-electron chi connectivity index (χ2n) is 9.49. The lowest BCUT2D eigenvalue weighted by atomic mass is 10.2. The number of rotatable bonds is 9. The van der Waals surface area contributed by atoms with Crippen LogP contribution >= 0.6 is 34.2 Å². The van der Waals surface area contributed by atoms with Crippen LogP contribution in [0.15, 0.2) is 42.7 Å². The molecule has 0 aliphatic heterocycles. The van der Waals surface area contributed by atoms with Crippen molar-refractivity contribution in [1.29, 1.82) is 0 Å². The van der Waals surface area contributed by atoms with Gasteiger partial charge in [0.05, 0.1) is 10.4 Å². The molecule has 0 atom stereocenters. The minimum atomic E-state index is -1.24. The number of fused-ring (bicyclic) bond motifs is 1. The quantitative estimate of drug-likeness (QED) is 0.112. The third kappa shape index (κ3) is 7.15. The van der Waals surface area contributed by atoms with Crippen LogP contribution in [0.25, 0.3) is 11.0 Å². The van der Waals surface area contributed by atoms with E-state index in [1.807, 2.05) is 22.6 Å². The summed E-state index contributed by atoms with van der Waals surface area (Å²) in [5.74, 6) is -2.40. The molecule has 0 fully saturated rings. The molecule has 0 bridgehead atoms. The predicted molar refractivity (Wildman–Crippen MR) is 153 cm³/mol. The lowest BCUT2D eigenvalue weighted by molar-refractivity contribution is 0.0899. The fourth-order valence-corrected chi connectivity index (χ4v) is 4.70. The molecule has 0 saturated heterocycles. The summed E-state index contributed by atoms with van der Waals surface area (Å²) in [4.78, 5) is 16.5. The Hall–Kier alpha value is -2.88. The fraction of sp³-hybridized carbons (Fsp3) is 0.250. The molecule has 0 aliphatic rings. The van der Waals surface area contributed by atoms with Crippen LogP contribution in [-0.4, -0.2) is 40.5 Å². The normalized spacial score (nSPS) is 11.6. The van der Waals surface area contributed by atoms with Crippen LogP contribution in [0.4, 0.5) is 25.1 Å². The minimum Gasteiger partial charge on any atom is -0.450 e. The minimum absolute atomic E-state index is 0.120. The van der Waals surface area contributed by atoms with E-state index in [-0.39, 0.29) is 24.0 Å². The summed E-state index contributed by atoms with van der Waals surface area (Å²) in [7, 11) is -1.24. The van der Waals surface area contributed by atoms with Gasteiger partial charge >= 0.3 is 6.03 Å². The predicted octanol–water partition coefficient (Wildman–Crippen LogP) is 7.11. The van der Waals surface area contributed by atoms with Gasteiger partial charge in [0.1, 0.15) is 21.8 Å². The Morgan fingerprint density at radius 3 is 2.53 bits per heavy atom. The molecule has 3 heterocycles. The van der Waals surface area contributed by atoms with Crippen molar-refractivity contribution in [3.8, 4) is 11.5 Å². The van der Waals surface area contributed by atoms with E-state index in [2.05, 4.69) is 45.5 Å². The van der Waals surface area contributed by atoms with Gasteiger partial charge in [-0.1, -0.05) is 31.2 Å². The van der Waals surface area contributed by atoms with Crippen molar-refractivity contribution in [3.05, 3.63) is 63.1 Å². The van der Waals surface area contributed by atoms with Crippen molar-refractivity contribution in [1.82, 2.24) is 19.7 Å². The molecule has 0 radical (unpaired) electrons. The Balaban J connectivity index is 1.49. The van der Waals surface area contributed by atoms with Crippen LogP contribution < -0.4 is 15.4 Å². The molecule has 200 valence electrons. The number of hydrogen-bond donors (Lipinski definition) is 2. The van der Waals surface area contributed by atoms with Crippen LogP contribution in [0.3, 0.4) is 0 Å². The standard InChI is InChI=1S/C24H24ClF2IN6O3Si/c1-38(2,3)9-8-36-13-34-12-15(25)21-18(6-7-29-23(21)34)37-22-16(26)10-14(11-17(22)27)30-24(35)31-20-5-4-19(28)32-33-20/h4-7,10-12H,8-9,13H2,1-3H3,(H2,30,31,33,35). The lowest BCUT2D eigenvalue weighted by Gasteiger charge is -2.15. The van der Waals surface area contributed by atoms with Crippen LogP contribution in [0.5, 0.6) is 11.5 Å². The van der Waals surface area contributed by atoms with Crippen molar-refractivity contribution in [2.75, 3.05) is 17.2 Å². The van der Waals surface area contributed by atoms with Gasteiger partial charge in [-0.2, -0.15) is 0 Å².